The number of ether oxygens (including phenoxy) is 3. The van der Waals surface area contributed by atoms with Crippen molar-refractivity contribution in [1.29, 1.82) is 0 Å². The van der Waals surface area contributed by atoms with Crippen molar-refractivity contribution in [2.24, 2.45) is 0 Å². The van der Waals surface area contributed by atoms with Gasteiger partial charge in [-0.25, -0.2) is 0 Å². The predicted octanol–water partition coefficient (Wildman–Crippen LogP) is 4.24. The Hall–Kier alpha value is -2.75. The van der Waals surface area contributed by atoms with E-state index in [0.29, 0.717) is 12.4 Å². The van der Waals surface area contributed by atoms with Crippen LogP contribution < -0.4 is 14.2 Å². The van der Waals surface area contributed by atoms with Crippen LogP contribution in [-0.2, 0) is 6.42 Å². The molecule has 4 heteroatoms. The van der Waals surface area contributed by atoms with Gasteiger partial charge in [0.25, 0.3) is 0 Å². The Morgan fingerprint density at radius 2 is 1.75 bits per heavy atom. The second kappa shape index (κ2) is 7.21. The molecule has 124 valence electrons. The van der Waals surface area contributed by atoms with Crippen molar-refractivity contribution in [2.45, 2.75) is 13.3 Å². The monoisotopic (exact) mass is 323 g/mol. The predicted molar refractivity (Wildman–Crippen MR) is 95.3 cm³/mol. The van der Waals surface area contributed by atoms with Crippen molar-refractivity contribution >= 4 is 10.8 Å². The summed E-state index contributed by atoms with van der Waals surface area (Å²) >= 11 is 0. The number of rotatable bonds is 6. The number of hydrogen-bond acceptors (Lipinski definition) is 4. The summed E-state index contributed by atoms with van der Waals surface area (Å²) in [5.74, 6) is 2.32. The number of pyridine rings is 1. The zero-order valence-corrected chi connectivity index (χ0v) is 14.2. The summed E-state index contributed by atoms with van der Waals surface area (Å²) in [5, 5.41) is 2.15. The molecule has 1 aromatic heterocycles. The van der Waals surface area contributed by atoms with Crippen molar-refractivity contribution in [3.8, 4) is 17.2 Å². The first-order valence-electron chi connectivity index (χ1n) is 7.96. The van der Waals surface area contributed by atoms with E-state index < -0.39 is 0 Å². The highest BCUT2D eigenvalue weighted by Gasteiger charge is 2.10. The summed E-state index contributed by atoms with van der Waals surface area (Å²) in [6, 6.07) is 14.1. The van der Waals surface area contributed by atoms with Gasteiger partial charge in [0, 0.05) is 18.0 Å². The Labute approximate surface area is 142 Å². The smallest absolute Gasteiger partial charge is 0.161 e. The highest BCUT2D eigenvalue weighted by Crippen LogP contribution is 2.33. The molecular weight excluding hydrogens is 302 g/mol. The van der Waals surface area contributed by atoms with Gasteiger partial charge in [-0.1, -0.05) is 12.1 Å². The van der Waals surface area contributed by atoms with Gasteiger partial charge in [-0.2, -0.15) is 0 Å². The quantitative estimate of drug-likeness (QED) is 0.680. The Balaban J connectivity index is 2.01. The zero-order chi connectivity index (χ0) is 16.9. The average molecular weight is 323 g/mol. The molecule has 0 bridgehead atoms. The number of fused-ring (bicyclic) bond motifs is 1. The van der Waals surface area contributed by atoms with Crippen LogP contribution in [0.1, 0.15) is 18.2 Å². The normalized spacial score (nSPS) is 10.6. The first-order valence-corrected chi connectivity index (χ1v) is 7.96. The van der Waals surface area contributed by atoms with E-state index in [4.69, 9.17) is 14.2 Å². The number of benzene rings is 2. The van der Waals surface area contributed by atoms with Gasteiger partial charge in [0.2, 0.25) is 0 Å². The molecule has 0 saturated heterocycles. The summed E-state index contributed by atoms with van der Waals surface area (Å²) < 4.78 is 16.4. The molecule has 0 aliphatic heterocycles. The third-order valence-electron chi connectivity index (χ3n) is 3.93. The van der Waals surface area contributed by atoms with E-state index in [1.54, 1.807) is 14.2 Å². The molecule has 0 amide bonds. The van der Waals surface area contributed by atoms with Crippen molar-refractivity contribution in [3.05, 3.63) is 59.9 Å². The molecule has 3 rings (SSSR count). The van der Waals surface area contributed by atoms with E-state index in [2.05, 4.69) is 17.1 Å². The molecule has 0 radical (unpaired) electrons. The molecule has 2 aromatic carbocycles. The second-order valence-corrected chi connectivity index (χ2v) is 5.44. The molecule has 1 heterocycles. The van der Waals surface area contributed by atoms with Crippen LogP contribution in [0.15, 0.2) is 48.7 Å². The van der Waals surface area contributed by atoms with Crippen molar-refractivity contribution in [3.63, 3.8) is 0 Å². The minimum Gasteiger partial charge on any atom is -0.494 e. The maximum absolute atomic E-state index is 5.58. The summed E-state index contributed by atoms with van der Waals surface area (Å²) in [6.45, 7) is 2.64. The van der Waals surface area contributed by atoms with Crippen molar-refractivity contribution in [2.75, 3.05) is 20.8 Å². The summed E-state index contributed by atoms with van der Waals surface area (Å²) in [7, 11) is 3.29. The fourth-order valence-electron chi connectivity index (χ4n) is 2.81. The van der Waals surface area contributed by atoms with E-state index in [1.165, 1.54) is 0 Å². The van der Waals surface area contributed by atoms with Gasteiger partial charge in [0.05, 0.1) is 26.5 Å². The highest BCUT2D eigenvalue weighted by molar-refractivity contribution is 5.88. The van der Waals surface area contributed by atoms with E-state index in [1.807, 2.05) is 43.5 Å². The maximum atomic E-state index is 5.58. The number of methoxy groups -OCH3 is 2. The average Bonchev–Trinajstić information content (AvgIpc) is 2.61. The third kappa shape index (κ3) is 3.27. The lowest BCUT2D eigenvalue weighted by molar-refractivity contribution is 0.340. The lowest BCUT2D eigenvalue weighted by Crippen LogP contribution is -1.97. The van der Waals surface area contributed by atoms with Crippen LogP contribution in [0.25, 0.3) is 10.8 Å². The Kier molecular flexibility index (Phi) is 4.85. The summed E-state index contributed by atoms with van der Waals surface area (Å²) in [5.41, 5.74) is 2.16. The zero-order valence-electron chi connectivity index (χ0n) is 14.2. The molecule has 3 aromatic rings. The minimum absolute atomic E-state index is 0.660. The van der Waals surface area contributed by atoms with E-state index in [0.717, 1.165) is 39.9 Å². The minimum atomic E-state index is 0.660. The molecular formula is C20H21NO3. The number of nitrogens with zero attached hydrogens (tertiary/aromatic N) is 1. The van der Waals surface area contributed by atoms with Crippen LogP contribution in [0.4, 0.5) is 0 Å². The molecule has 4 nitrogen and oxygen atoms in total. The fourth-order valence-corrected chi connectivity index (χ4v) is 2.81. The van der Waals surface area contributed by atoms with Crippen LogP contribution in [0.5, 0.6) is 17.2 Å². The van der Waals surface area contributed by atoms with Crippen LogP contribution in [-0.4, -0.2) is 25.8 Å². The standard InChI is InChI=1S/C20H21NO3/c1-4-24-16-7-5-6-14(10-16)11-18-17-13-20(23-3)19(22-2)12-15(17)8-9-21-18/h5-10,12-13H,4,11H2,1-3H3. The van der Waals surface area contributed by atoms with Gasteiger partial charge in [-0.3, -0.25) is 4.98 Å². The molecule has 0 N–H and O–H groups in total. The Bertz CT molecular complexity index is 845. The van der Waals surface area contributed by atoms with Gasteiger partial charge >= 0.3 is 0 Å². The van der Waals surface area contributed by atoms with Crippen LogP contribution in [0, 0.1) is 0 Å². The van der Waals surface area contributed by atoms with E-state index >= 15 is 0 Å². The fraction of sp³-hybridized carbons (Fsp3) is 0.250. The van der Waals surface area contributed by atoms with Gasteiger partial charge in [-0.15, -0.1) is 0 Å². The first-order chi connectivity index (χ1) is 11.7. The Morgan fingerprint density at radius 1 is 0.958 bits per heavy atom. The van der Waals surface area contributed by atoms with Crippen molar-refractivity contribution in [1.82, 2.24) is 4.98 Å². The van der Waals surface area contributed by atoms with Crippen molar-refractivity contribution < 1.29 is 14.2 Å². The van der Waals surface area contributed by atoms with E-state index in [-0.39, 0.29) is 0 Å². The van der Waals surface area contributed by atoms with Gasteiger partial charge in [0.15, 0.2) is 11.5 Å². The van der Waals surface area contributed by atoms with Crippen LogP contribution in [0.3, 0.4) is 0 Å². The lowest BCUT2D eigenvalue weighted by Gasteiger charge is -2.12. The maximum Gasteiger partial charge on any atom is 0.161 e. The topological polar surface area (TPSA) is 40.6 Å². The molecule has 0 atom stereocenters. The van der Waals surface area contributed by atoms with E-state index in [9.17, 15) is 0 Å². The summed E-state index contributed by atoms with van der Waals surface area (Å²) in [4.78, 5) is 4.57. The Morgan fingerprint density at radius 3 is 2.50 bits per heavy atom. The first kappa shape index (κ1) is 16.1. The van der Waals surface area contributed by atoms with Crippen LogP contribution >= 0.6 is 0 Å². The SMILES string of the molecule is CCOc1cccc(Cc2nccc3cc(OC)c(OC)cc23)c1. The molecule has 24 heavy (non-hydrogen) atoms. The largest absolute Gasteiger partial charge is 0.494 e. The molecule has 0 unspecified atom stereocenters. The third-order valence-corrected chi connectivity index (χ3v) is 3.93. The molecule has 0 aliphatic rings. The van der Waals surface area contributed by atoms with Gasteiger partial charge < -0.3 is 14.2 Å². The molecule has 0 saturated carbocycles. The number of aromatic nitrogens is 1. The van der Waals surface area contributed by atoms with Gasteiger partial charge in [-0.05, 0) is 48.2 Å². The summed E-state index contributed by atoms with van der Waals surface area (Å²) in [6.07, 6.45) is 2.56. The van der Waals surface area contributed by atoms with Gasteiger partial charge in [0.1, 0.15) is 5.75 Å². The second-order valence-electron chi connectivity index (χ2n) is 5.44. The van der Waals surface area contributed by atoms with Crippen LogP contribution in [0.2, 0.25) is 0 Å². The number of hydrogen-bond donors (Lipinski definition) is 0. The molecule has 0 spiro atoms. The molecule has 0 aliphatic carbocycles. The lowest BCUT2D eigenvalue weighted by atomic mass is 10.0. The highest BCUT2D eigenvalue weighted by atomic mass is 16.5. The molecule has 0 fully saturated rings.